The number of carboxylic acid groups (broad SMARTS) is 1. The number of rotatable bonds is 1. The van der Waals surface area contributed by atoms with Crippen LogP contribution in [0.2, 0.25) is 10.3 Å². The summed E-state index contributed by atoms with van der Waals surface area (Å²) in [5, 5.41) is 9.09. The number of aromatic carboxylic acids is 1. The fourth-order valence-electron chi connectivity index (χ4n) is 1.16. The fourth-order valence-corrected chi connectivity index (χ4v) is 1.74. The molecule has 0 saturated heterocycles. The summed E-state index contributed by atoms with van der Waals surface area (Å²) in [5.41, 5.74) is 0.222. The van der Waals surface area contributed by atoms with E-state index < -0.39 is 5.97 Å². The average Bonchev–Trinajstić information content (AvgIpc) is 2.45. The van der Waals surface area contributed by atoms with Crippen molar-refractivity contribution in [3.8, 4) is 0 Å². The molecule has 0 unspecified atom stereocenters. The van der Waals surface area contributed by atoms with E-state index in [1.807, 2.05) is 0 Å². The van der Waals surface area contributed by atoms with E-state index in [1.165, 1.54) is 4.40 Å². The molecule has 0 radical (unpaired) electrons. The first-order chi connectivity index (χ1) is 6.61. The second-order valence-corrected chi connectivity index (χ2v) is 3.34. The Morgan fingerprint density at radius 1 is 1.40 bits per heavy atom. The lowest BCUT2D eigenvalue weighted by atomic mass is 10.5. The van der Waals surface area contributed by atoms with Gasteiger partial charge >= 0.3 is 5.97 Å². The van der Waals surface area contributed by atoms with Gasteiger partial charge in [-0.1, -0.05) is 29.3 Å². The lowest BCUT2D eigenvalue weighted by Crippen LogP contribution is -1.97. The largest absolute Gasteiger partial charge is 0.476 e. The molecule has 0 aromatic carbocycles. The van der Waals surface area contributed by atoms with Gasteiger partial charge in [-0.3, -0.25) is 4.40 Å². The molecule has 80 valence electrons. The van der Waals surface area contributed by atoms with Crippen LogP contribution in [0, 0.1) is 0 Å². The molecule has 0 aliphatic carbocycles. The Morgan fingerprint density at radius 3 is 2.60 bits per heavy atom. The van der Waals surface area contributed by atoms with Gasteiger partial charge in [0.1, 0.15) is 16.0 Å². The Bertz CT molecular complexity index is 524. The highest BCUT2D eigenvalue weighted by Crippen LogP contribution is 2.22. The maximum atomic E-state index is 10.7. The van der Waals surface area contributed by atoms with Gasteiger partial charge in [0.2, 0.25) is 0 Å². The molecule has 3 N–H and O–H groups in total. The van der Waals surface area contributed by atoms with Crippen LogP contribution >= 0.6 is 23.2 Å². The topological polar surface area (TPSA) is 86.1 Å². The monoisotopic (exact) mass is 248 g/mol. The summed E-state index contributed by atoms with van der Waals surface area (Å²) >= 11 is 11.6. The Labute approximate surface area is 94.2 Å². The lowest BCUT2D eigenvalue weighted by Gasteiger charge is -1.96. The van der Waals surface area contributed by atoms with Crippen molar-refractivity contribution < 1.29 is 15.4 Å². The minimum atomic E-state index is -1.17. The maximum Gasteiger partial charge on any atom is 0.357 e. The van der Waals surface area contributed by atoms with Crippen LogP contribution in [-0.4, -0.2) is 25.9 Å². The number of carboxylic acids is 1. The third-order valence-electron chi connectivity index (χ3n) is 1.74. The van der Waals surface area contributed by atoms with Gasteiger partial charge in [0.15, 0.2) is 5.69 Å². The Morgan fingerprint density at radius 2 is 2.07 bits per heavy atom. The number of pyridine rings is 1. The zero-order valence-corrected chi connectivity index (χ0v) is 8.75. The molecule has 0 saturated carbocycles. The number of hydrogen-bond acceptors (Lipinski definition) is 2. The second kappa shape index (κ2) is 4.06. The van der Waals surface area contributed by atoms with E-state index >= 15 is 0 Å². The van der Waals surface area contributed by atoms with Gasteiger partial charge in [-0.2, -0.15) is 0 Å². The highest BCUT2D eigenvalue weighted by molar-refractivity contribution is 6.34. The number of halogens is 2. The molecule has 0 bridgehead atoms. The predicted octanol–water partition coefficient (Wildman–Crippen LogP) is 1.51. The van der Waals surface area contributed by atoms with E-state index in [0.29, 0.717) is 10.8 Å². The van der Waals surface area contributed by atoms with Crippen molar-refractivity contribution >= 4 is 34.8 Å². The van der Waals surface area contributed by atoms with Gasteiger partial charge in [0.25, 0.3) is 0 Å². The third-order valence-corrected chi connectivity index (χ3v) is 2.39. The van der Waals surface area contributed by atoms with Crippen LogP contribution in [0.15, 0.2) is 18.2 Å². The number of hydrogen-bond donors (Lipinski definition) is 1. The summed E-state index contributed by atoms with van der Waals surface area (Å²) in [5.74, 6) is -1.17. The molecule has 0 spiro atoms. The van der Waals surface area contributed by atoms with Crippen LogP contribution in [0.25, 0.3) is 5.65 Å². The molecule has 0 aliphatic heterocycles. The number of aromatic nitrogens is 2. The van der Waals surface area contributed by atoms with Crippen LogP contribution in [0.5, 0.6) is 0 Å². The standard InChI is InChI=1S/C8H4Cl2N2O2.H2O/c9-4-2-1-3-5-11-6(8(13)14)7(10)12(4)5;/h1-3H,(H,13,14);1H2. The van der Waals surface area contributed by atoms with E-state index in [0.717, 1.165) is 0 Å². The SMILES string of the molecule is O.O=C(O)c1nc2cccc(Cl)n2c1Cl. The molecule has 0 atom stereocenters. The van der Waals surface area contributed by atoms with Crippen LogP contribution in [0.4, 0.5) is 0 Å². The number of carbonyl (C=O) groups is 1. The van der Waals surface area contributed by atoms with Crippen LogP contribution in [0.3, 0.4) is 0 Å². The van der Waals surface area contributed by atoms with E-state index in [9.17, 15) is 4.79 Å². The maximum absolute atomic E-state index is 10.7. The van der Waals surface area contributed by atoms with Crippen molar-refractivity contribution in [1.29, 1.82) is 0 Å². The molecule has 0 amide bonds. The first-order valence-electron chi connectivity index (χ1n) is 3.67. The highest BCUT2D eigenvalue weighted by Gasteiger charge is 2.17. The van der Waals surface area contributed by atoms with Crippen molar-refractivity contribution in [3.05, 3.63) is 34.2 Å². The van der Waals surface area contributed by atoms with Crippen molar-refractivity contribution in [2.24, 2.45) is 0 Å². The van der Waals surface area contributed by atoms with Crippen molar-refractivity contribution in [1.82, 2.24) is 9.38 Å². The van der Waals surface area contributed by atoms with Gasteiger partial charge in [0, 0.05) is 0 Å². The third kappa shape index (κ3) is 1.77. The highest BCUT2D eigenvalue weighted by atomic mass is 35.5. The first-order valence-corrected chi connectivity index (χ1v) is 4.42. The molecular weight excluding hydrogens is 243 g/mol. The molecule has 2 rings (SSSR count). The van der Waals surface area contributed by atoms with Crippen molar-refractivity contribution in [2.75, 3.05) is 0 Å². The summed E-state index contributed by atoms with van der Waals surface area (Å²) < 4.78 is 1.37. The van der Waals surface area contributed by atoms with Gasteiger partial charge in [0.05, 0.1) is 0 Å². The fraction of sp³-hybridized carbons (Fsp3) is 0. The summed E-state index contributed by atoms with van der Waals surface area (Å²) in [4.78, 5) is 14.5. The minimum absolute atomic E-state index is 0. The summed E-state index contributed by atoms with van der Waals surface area (Å²) in [7, 11) is 0. The minimum Gasteiger partial charge on any atom is -0.476 e. The number of nitrogens with zero attached hydrogens (tertiary/aromatic N) is 2. The second-order valence-electron chi connectivity index (χ2n) is 2.60. The Hall–Kier alpha value is -1.30. The molecule has 2 aromatic rings. The smallest absolute Gasteiger partial charge is 0.357 e. The van der Waals surface area contributed by atoms with Gasteiger partial charge in [-0.05, 0) is 12.1 Å². The van der Waals surface area contributed by atoms with Gasteiger partial charge in [-0.15, -0.1) is 0 Å². The first kappa shape index (κ1) is 11.8. The van der Waals surface area contributed by atoms with E-state index in [4.69, 9.17) is 28.3 Å². The number of fused-ring (bicyclic) bond motifs is 1. The summed E-state index contributed by atoms with van der Waals surface area (Å²) in [6, 6.07) is 4.91. The van der Waals surface area contributed by atoms with Crippen molar-refractivity contribution in [3.63, 3.8) is 0 Å². The summed E-state index contributed by atoms with van der Waals surface area (Å²) in [6.07, 6.45) is 0. The molecule has 2 heterocycles. The molecule has 7 heteroatoms. The van der Waals surface area contributed by atoms with Crippen LogP contribution in [0.1, 0.15) is 10.5 Å². The molecule has 0 aliphatic rings. The molecular formula is C8H6Cl2N2O3. The summed E-state index contributed by atoms with van der Waals surface area (Å²) in [6.45, 7) is 0. The molecule has 5 nitrogen and oxygen atoms in total. The number of imidazole rings is 1. The lowest BCUT2D eigenvalue weighted by molar-refractivity contribution is 0.0691. The molecule has 0 fully saturated rings. The van der Waals surface area contributed by atoms with E-state index in [2.05, 4.69) is 4.98 Å². The normalized spacial score (nSPS) is 10.0. The van der Waals surface area contributed by atoms with Crippen LogP contribution in [-0.2, 0) is 0 Å². The molecule has 15 heavy (non-hydrogen) atoms. The van der Waals surface area contributed by atoms with Gasteiger partial charge < -0.3 is 10.6 Å². The zero-order chi connectivity index (χ0) is 10.3. The quantitative estimate of drug-likeness (QED) is 0.777. The van der Waals surface area contributed by atoms with E-state index in [-0.39, 0.29) is 16.3 Å². The van der Waals surface area contributed by atoms with Gasteiger partial charge in [-0.25, -0.2) is 9.78 Å². The predicted molar refractivity (Wildman–Crippen MR) is 55.8 cm³/mol. The van der Waals surface area contributed by atoms with Crippen molar-refractivity contribution in [2.45, 2.75) is 0 Å². The van der Waals surface area contributed by atoms with Crippen LogP contribution < -0.4 is 0 Å². The average molecular weight is 249 g/mol. The van der Waals surface area contributed by atoms with E-state index in [1.54, 1.807) is 18.2 Å². The molecule has 2 aromatic heterocycles. The zero-order valence-electron chi connectivity index (χ0n) is 7.24. The Balaban J connectivity index is 0.00000112. The Kier molecular flexibility index (Phi) is 3.18.